The zero-order valence-corrected chi connectivity index (χ0v) is 12.0. The number of rotatable bonds is 7. The summed E-state index contributed by atoms with van der Waals surface area (Å²) in [5.41, 5.74) is 0.537. The van der Waals surface area contributed by atoms with Crippen LogP contribution in [0.5, 0.6) is 5.88 Å². The van der Waals surface area contributed by atoms with Gasteiger partial charge < -0.3 is 15.2 Å². The van der Waals surface area contributed by atoms with E-state index in [1.165, 1.54) is 14.0 Å². The number of hydrogen-bond acceptors (Lipinski definition) is 5. The fourth-order valence-corrected chi connectivity index (χ4v) is 2.69. The highest BCUT2D eigenvalue weighted by Crippen LogP contribution is 2.09. The molecule has 0 fully saturated rings. The summed E-state index contributed by atoms with van der Waals surface area (Å²) >= 11 is 0. The molecule has 2 atom stereocenters. The van der Waals surface area contributed by atoms with Gasteiger partial charge in [-0.2, -0.15) is 0 Å². The molecule has 0 radical (unpaired) electrons. The van der Waals surface area contributed by atoms with Crippen LogP contribution < -0.4 is 10.1 Å². The van der Waals surface area contributed by atoms with Gasteiger partial charge in [-0.25, -0.2) is 9.78 Å². The Labute approximate surface area is 118 Å². The first-order valence-electron chi connectivity index (χ1n) is 5.77. The number of nitrogens with one attached hydrogen (secondary N) is 1. The summed E-state index contributed by atoms with van der Waals surface area (Å²) in [4.78, 5) is 25.9. The standard InChI is InChI=1S/C12H16N2O5S/c1-8(15)13-10(12(16)17)7-20(18)6-9-4-3-5-11(14-9)19-2/h3-5,10H,6-7H2,1-2H3,(H,13,15)(H,16,17)/t10-,20?/m0/s1. The molecule has 8 heteroatoms. The number of carbonyl (C=O) groups excluding carboxylic acids is 1. The highest BCUT2D eigenvalue weighted by Gasteiger charge is 2.21. The zero-order chi connectivity index (χ0) is 15.1. The molecule has 0 aliphatic rings. The van der Waals surface area contributed by atoms with Crippen LogP contribution in [0.25, 0.3) is 0 Å². The quantitative estimate of drug-likeness (QED) is 0.730. The minimum atomic E-state index is -1.46. The van der Waals surface area contributed by atoms with Crippen molar-refractivity contribution in [1.29, 1.82) is 0 Å². The molecule has 0 saturated carbocycles. The second kappa shape index (κ2) is 7.59. The molecule has 1 heterocycles. The maximum absolute atomic E-state index is 11.9. The normalized spacial score (nSPS) is 13.3. The van der Waals surface area contributed by atoms with Gasteiger partial charge in [0.25, 0.3) is 0 Å². The number of amides is 1. The molecule has 1 aromatic heterocycles. The third-order valence-corrected chi connectivity index (χ3v) is 3.65. The van der Waals surface area contributed by atoms with E-state index in [1.54, 1.807) is 18.2 Å². The van der Waals surface area contributed by atoms with E-state index in [1.807, 2.05) is 0 Å². The average molecular weight is 300 g/mol. The molecule has 20 heavy (non-hydrogen) atoms. The molecule has 0 aliphatic carbocycles. The van der Waals surface area contributed by atoms with Crippen molar-refractivity contribution < 1.29 is 23.6 Å². The molecular formula is C12H16N2O5S. The predicted octanol–water partition coefficient (Wildman–Crippen LogP) is -0.0718. The van der Waals surface area contributed by atoms with Crippen molar-refractivity contribution in [2.75, 3.05) is 12.9 Å². The molecule has 1 unspecified atom stereocenters. The fourth-order valence-electron chi connectivity index (χ4n) is 1.48. The summed E-state index contributed by atoms with van der Waals surface area (Å²) in [6.45, 7) is 1.21. The van der Waals surface area contributed by atoms with Gasteiger partial charge in [-0.3, -0.25) is 9.00 Å². The summed E-state index contributed by atoms with van der Waals surface area (Å²) in [5.74, 6) is -1.37. The van der Waals surface area contributed by atoms with Crippen LogP contribution >= 0.6 is 0 Å². The van der Waals surface area contributed by atoms with Crippen molar-refractivity contribution >= 4 is 22.7 Å². The molecule has 1 rings (SSSR count). The maximum Gasteiger partial charge on any atom is 0.327 e. The van der Waals surface area contributed by atoms with Crippen LogP contribution in [0.15, 0.2) is 18.2 Å². The summed E-state index contributed by atoms with van der Waals surface area (Å²) in [6.07, 6.45) is 0. The maximum atomic E-state index is 11.9. The SMILES string of the molecule is COc1cccc(CS(=O)C[C@H](NC(C)=O)C(=O)O)n1. The molecule has 110 valence electrons. The van der Waals surface area contributed by atoms with Crippen molar-refractivity contribution in [1.82, 2.24) is 10.3 Å². The van der Waals surface area contributed by atoms with Crippen LogP contribution in [-0.4, -0.2) is 45.1 Å². The number of pyridine rings is 1. The van der Waals surface area contributed by atoms with Gasteiger partial charge in [0.1, 0.15) is 6.04 Å². The van der Waals surface area contributed by atoms with Gasteiger partial charge in [0.2, 0.25) is 11.8 Å². The lowest BCUT2D eigenvalue weighted by molar-refractivity contribution is -0.140. The Morgan fingerprint density at radius 1 is 1.50 bits per heavy atom. The molecule has 1 aromatic rings. The minimum Gasteiger partial charge on any atom is -0.481 e. The molecular weight excluding hydrogens is 284 g/mol. The summed E-state index contributed by atoms with van der Waals surface area (Å²) < 4.78 is 16.9. The molecule has 7 nitrogen and oxygen atoms in total. The van der Waals surface area contributed by atoms with Crippen molar-refractivity contribution in [2.24, 2.45) is 0 Å². The number of carboxylic acids is 1. The van der Waals surface area contributed by atoms with Crippen molar-refractivity contribution in [3.63, 3.8) is 0 Å². The van der Waals surface area contributed by atoms with Crippen LogP contribution in [-0.2, 0) is 26.1 Å². The summed E-state index contributed by atoms with van der Waals surface area (Å²) in [6, 6.07) is 3.87. The van der Waals surface area contributed by atoms with E-state index in [0.29, 0.717) is 11.6 Å². The predicted molar refractivity (Wildman–Crippen MR) is 72.7 cm³/mol. The molecule has 0 aliphatic heterocycles. The molecule has 1 amide bonds. The van der Waals surface area contributed by atoms with E-state index in [2.05, 4.69) is 10.3 Å². The third kappa shape index (κ3) is 5.35. The lowest BCUT2D eigenvalue weighted by Crippen LogP contribution is -2.43. The Balaban J connectivity index is 2.65. The van der Waals surface area contributed by atoms with E-state index in [0.717, 1.165) is 0 Å². The minimum absolute atomic E-state index is 0.0978. The van der Waals surface area contributed by atoms with Gasteiger partial charge in [0, 0.05) is 23.8 Å². The number of aromatic nitrogens is 1. The van der Waals surface area contributed by atoms with Gasteiger partial charge in [0.15, 0.2) is 0 Å². The van der Waals surface area contributed by atoms with Gasteiger partial charge in [0.05, 0.1) is 24.3 Å². The lowest BCUT2D eigenvalue weighted by Gasteiger charge is -2.12. The topological polar surface area (TPSA) is 106 Å². The van der Waals surface area contributed by atoms with Crippen LogP contribution in [0.4, 0.5) is 0 Å². The van der Waals surface area contributed by atoms with E-state index in [-0.39, 0.29) is 11.5 Å². The Morgan fingerprint density at radius 2 is 2.20 bits per heavy atom. The number of carboxylic acid groups (broad SMARTS) is 1. The Hall–Kier alpha value is -1.96. The smallest absolute Gasteiger partial charge is 0.327 e. The molecule has 2 N–H and O–H groups in total. The van der Waals surface area contributed by atoms with E-state index >= 15 is 0 Å². The van der Waals surface area contributed by atoms with Crippen molar-refractivity contribution in [3.05, 3.63) is 23.9 Å². The number of aliphatic carboxylic acids is 1. The second-order valence-electron chi connectivity index (χ2n) is 4.01. The molecule has 0 bridgehead atoms. The highest BCUT2D eigenvalue weighted by molar-refractivity contribution is 7.84. The summed E-state index contributed by atoms with van der Waals surface area (Å²) in [7, 11) is 0.0106. The first kappa shape index (κ1) is 16.1. The highest BCUT2D eigenvalue weighted by atomic mass is 32.2. The number of carbonyl (C=O) groups is 2. The first-order valence-corrected chi connectivity index (χ1v) is 7.26. The van der Waals surface area contributed by atoms with Gasteiger partial charge >= 0.3 is 5.97 Å². The van der Waals surface area contributed by atoms with Crippen LogP contribution in [0.2, 0.25) is 0 Å². The van der Waals surface area contributed by atoms with E-state index in [9.17, 15) is 13.8 Å². The van der Waals surface area contributed by atoms with E-state index in [4.69, 9.17) is 9.84 Å². The van der Waals surface area contributed by atoms with Crippen molar-refractivity contribution in [2.45, 2.75) is 18.7 Å². The van der Waals surface area contributed by atoms with Crippen LogP contribution in [0, 0.1) is 0 Å². The van der Waals surface area contributed by atoms with Gasteiger partial charge in [-0.05, 0) is 6.07 Å². The zero-order valence-electron chi connectivity index (χ0n) is 11.2. The largest absolute Gasteiger partial charge is 0.481 e. The molecule has 0 aromatic carbocycles. The summed E-state index contributed by atoms with van der Waals surface area (Å²) in [5, 5.41) is 11.2. The Bertz CT molecular complexity index is 520. The lowest BCUT2D eigenvalue weighted by atomic mass is 10.3. The number of nitrogens with zero attached hydrogens (tertiary/aromatic N) is 1. The van der Waals surface area contributed by atoms with Crippen molar-refractivity contribution in [3.8, 4) is 5.88 Å². The monoisotopic (exact) mass is 300 g/mol. The number of hydrogen-bond donors (Lipinski definition) is 2. The average Bonchev–Trinajstić information content (AvgIpc) is 2.37. The number of methoxy groups -OCH3 is 1. The van der Waals surface area contributed by atoms with E-state index < -0.39 is 28.7 Å². The Kier molecular flexibility index (Phi) is 6.10. The first-order chi connectivity index (χ1) is 9.42. The number of ether oxygens (including phenoxy) is 1. The Morgan fingerprint density at radius 3 is 2.75 bits per heavy atom. The van der Waals surface area contributed by atoms with Gasteiger partial charge in [-0.15, -0.1) is 0 Å². The van der Waals surface area contributed by atoms with Gasteiger partial charge in [-0.1, -0.05) is 6.07 Å². The third-order valence-electron chi connectivity index (χ3n) is 2.33. The van der Waals surface area contributed by atoms with Crippen LogP contribution in [0.1, 0.15) is 12.6 Å². The molecule has 0 spiro atoms. The molecule has 0 saturated heterocycles. The van der Waals surface area contributed by atoms with Crippen LogP contribution in [0.3, 0.4) is 0 Å². The fraction of sp³-hybridized carbons (Fsp3) is 0.417. The second-order valence-corrected chi connectivity index (χ2v) is 5.52.